The van der Waals surface area contributed by atoms with Crippen LogP contribution in [0.5, 0.6) is 0 Å². The van der Waals surface area contributed by atoms with E-state index in [4.69, 9.17) is 14.5 Å². The third kappa shape index (κ3) is 2.04. The molecule has 0 spiro atoms. The van der Waals surface area contributed by atoms with Gasteiger partial charge in [0.05, 0.1) is 19.2 Å². The Morgan fingerprint density at radius 1 is 1.75 bits per heavy atom. The van der Waals surface area contributed by atoms with Crippen molar-refractivity contribution in [3.05, 3.63) is 17.5 Å². The third-order valence-corrected chi connectivity index (χ3v) is 2.34. The maximum Gasteiger partial charge on any atom is 0.276 e. The molecule has 6 nitrogen and oxygen atoms in total. The Morgan fingerprint density at radius 2 is 2.56 bits per heavy atom. The zero-order valence-corrected chi connectivity index (χ0v) is 8.84. The number of amides is 1. The Hall–Kier alpha value is -1.87. The minimum Gasteiger partial charge on any atom is -0.361 e. The summed E-state index contributed by atoms with van der Waals surface area (Å²) in [5, 5.41) is 12.4. The molecule has 0 bridgehead atoms. The van der Waals surface area contributed by atoms with Crippen LogP contribution < -0.4 is 0 Å². The Morgan fingerprint density at radius 3 is 3.19 bits per heavy atom. The molecule has 1 aliphatic rings. The van der Waals surface area contributed by atoms with E-state index >= 15 is 0 Å². The SMILES string of the molecule is Cc1cc(C(=O)N2CCOC(C#N)C2)no1. The molecular formula is C10H11N3O3. The van der Waals surface area contributed by atoms with Crippen molar-refractivity contribution in [2.45, 2.75) is 13.0 Å². The van der Waals surface area contributed by atoms with Crippen molar-refractivity contribution in [2.24, 2.45) is 0 Å². The summed E-state index contributed by atoms with van der Waals surface area (Å²) in [6.07, 6.45) is -0.550. The summed E-state index contributed by atoms with van der Waals surface area (Å²) in [4.78, 5) is 13.5. The first-order valence-corrected chi connectivity index (χ1v) is 4.94. The molecule has 0 saturated carbocycles. The first-order valence-electron chi connectivity index (χ1n) is 4.94. The molecule has 0 aromatic carbocycles. The molecule has 2 heterocycles. The summed E-state index contributed by atoms with van der Waals surface area (Å²) < 4.78 is 9.99. The number of ether oxygens (including phenoxy) is 1. The van der Waals surface area contributed by atoms with Crippen LogP contribution in [-0.4, -0.2) is 41.8 Å². The maximum atomic E-state index is 11.9. The molecule has 1 unspecified atom stereocenters. The van der Waals surface area contributed by atoms with Crippen LogP contribution in [0.1, 0.15) is 16.2 Å². The topological polar surface area (TPSA) is 79.4 Å². The van der Waals surface area contributed by atoms with E-state index in [1.165, 1.54) is 0 Å². The number of carbonyl (C=O) groups is 1. The van der Waals surface area contributed by atoms with E-state index in [0.29, 0.717) is 18.9 Å². The van der Waals surface area contributed by atoms with Crippen LogP contribution in [-0.2, 0) is 4.74 Å². The number of nitrogens with zero attached hydrogens (tertiary/aromatic N) is 3. The zero-order chi connectivity index (χ0) is 11.5. The van der Waals surface area contributed by atoms with Crippen LogP contribution in [0, 0.1) is 18.3 Å². The van der Waals surface area contributed by atoms with Crippen molar-refractivity contribution in [1.82, 2.24) is 10.1 Å². The number of aryl methyl sites for hydroxylation is 1. The number of hydrogen-bond donors (Lipinski definition) is 0. The summed E-state index contributed by atoms with van der Waals surface area (Å²) in [6, 6.07) is 3.57. The van der Waals surface area contributed by atoms with Crippen molar-refractivity contribution >= 4 is 5.91 Å². The Kier molecular flexibility index (Phi) is 2.88. The molecule has 0 aliphatic carbocycles. The molecule has 1 aliphatic heterocycles. The van der Waals surface area contributed by atoms with E-state index in [9.17, 15) is 4.79 Å². The van der Waals surface area contributed by atoms with E-state index in [1.807, 2.05) is 6.07 Å². The average molecular weight is 221 g/mol. The van der Waals surface area contributed by atoms with E-state index in [2.05, 4.69) is 5.16 Å². The zero-order valence-electron chi connectivity index (χ0n) is 8.84. The van der Waals surface area contributed by atoms with Crippen LogP contribution in [0.3, 0.4) is 0 Å². The Labute approximate surface area is 92.4 Å². The van der Waals surface area contributed by atoms with Gasteiger partial charge < -0.3 is 14.2 Å². The molecule has 0 radical (unpaired) electrons. The molecule has 1 aromatic rings. The van der Waals surface area contributed by atoms with Gasteiger partial charge in [-0.3, -0.25) is 4.79 Å². The second kappa shape index (κ2) is 4.33. The van der Waals surface area contributed by atoms with Crippen LogP contribution in [0.2, 0.25) is 0 Å². The Balaban J connectivity index is 2.08. The van der Waals surface area contributed by atoms with E-state index in [1.54, 1.807) is 17.9 Å². The van der Waals surface area contributed by atoms with Gasteiger partial charge in [0.25, 0.3) is 5.91 Å². The molecule has 0 N–H and O–H groups in total. The first kappa shape index (κ1) is 10.6. The summed E-state index contributed by atoms with van der Waals surface area (Å²) in [7, 11) is 0. The van der Waals surface area contributed by atoms with E-state index in [-0.39, 0.29) is 18.1 Å². The molecule has 1 aromatic heterocycles. The quantitative estimate of drug-likeness (QED) is 0.683. The highest BCUT2D eigenvalue weighted by Crippen LogP contribution is 2.10. The standard InChI is InChI=1S/C10H11N3O3/c1-7-4-9(12-16-7)10(14)13-2-3-15-8(5-11)6-13/h4,8H,2-3,6H2,1H3. The number of carbonyl (C=O) groups excluding carboxylic acids is 1. The number of rotatable bonds is 1. The van der Waals surface area contributed by atoms with Crippen LogP contribution in [0.25, 0.3) is 0 Å². The molecule has 16 heavy (non-hydrogen) atoms. The van der Waals surface area contributed by atoms with Gasteiger partial charge in [-0.1, -0.05) is 5.16 Å². The van der Waals surface area contributed by atoms with Crippen LogP contribution in [0.4, 0.5) is 0 Å². The molecule has 1 saturated heterocycles. The average Bonchev–Trinajstić information content (AvgIpc) is 2.75. The van der Waals surface area contributed by atoms with Crippen molar-refractivity contribution < 1.29 is 14.1 Å². The van der Waals surface area contributed by atoms with Gasteiger partial charge in [-0.05, 0) is 6.92 Å². The van der Waals surface area contributed by atoms with Crippen LogP contribution in [0.15, 0.2) is 10.6 Å². The molecule has 6 heteroatoms. The minimum atomic E-state index is -0.550. The minimum absolute atomic E-state index is 0.222. The summed E-state index contributed by atoms with van der Waals surface area (Å²) >= 11 is 0. The summed E-state index contributed by atoms with van der Waals surface area (Å²) in [5.41, 5.74) is 0.274. The maximum absolute atomic E-state index is 11.9. The first-order chi connectivity index (χ1) is 7.70. The number of morpholine rings is 1. The molecule has 1 atom stereocenters. The number of hydrogen-bond acceptors (Lipinski definition) is 5. The highest BCUT2D eigenvalue weighted by atomic mass is 16.5. The monoisotopic (exact) mass is 221 g/mol. The van der Waals surface area contributed by atoms with Gasteiger partial charge >= 0.3 is 0 Å². The predicted molar refractivity (Wildman–Crippen MR) is 52.5 cm³/mol. The van der Waals surface area contributed by atoms with Crippen molar-refractivity contribution in [1.29, 1.82) is 5.26 Å². The number of aromatic nitrogens is 1. The fourth-order valence-corrected chi connectivity index (χ4v) is 1.54. The van der Waals surface area contributed by atoms with Gasteiger partial charge in [0, 0.05) is 12.6 Å². The normalized spacial score (nSPS) is 20.5. The van der Waals surface area contributed by atoms with Gasteiger partial charge in [0.2, 0.25) is 0 Å². The van der Waals surface area contributed by atoms with Gasteiger partial charge in [0.15, 0.2) is 11.8 Å². The fraction of sp³-hybridized carbons (Fsp3) is 0.500. The highest BCUT2D eigenvalue weighted by molar-refractivity contribution is 5.92. The third-order valence-electron chi connectivity index (χ3n) is 2.34. The second-order valence-corrected chi connectivity index (χ2v) is 3.56. The fourth-order valence-electron chi connectivity index (χ4n) is 1.54. The summed E-state index contributed by atoms with van der Waals surface area (Å²) in [5.74, 6) is 0.369. The van der Waals surface area contributed by atoms with Crippen molar-refractivity contribution in [3.63, 3.8) is 0 Å². The van der Waals surface area contributed by atoms with Gasteiger partial charge in [-0.15, -0.1) is 0 Å². The molecular weight excluding hydrogens is 210 g/mol. The molecule has 2 rings (SSSR count). The lowest BCUT2D eigenvalue weighted by Crippen LogP contribution is -2.45. The molecule has 84 valence electrons. The lowest BCUT2D eigenvalue weighted by atomic mass is 10.2. The largest absolute Gasteiger partial charge is 0.361 e. The predicted octanol–water partition coefficient (Wildman–Crippen LogP) is 0.348. The lowest BCUT2D eigenvalue weighted by Gasteiger charge is -2.28. The van der Waals surface area contributed by atoms with E-state index < -0.39 is 6.10 Å². The van der Waals surface area contributed by atoms with Crippen molar-refractivity contribution in [3.8, 4) is 6.07 Å². The number of nitriles is 1. The van der Waals surface area contributed by atoms with Gasteiger partial charge in [0.1, 0.15) is 5.76 Å². The van der Waals surface area contributed by atoms with Crippen molar-refractivity contribution in [2.75, 3.05) is 19.7 Å². The lowest BCUT2D eigenvalue weighted by molar-refractivity contribution is 0.00303. The molecule has 1 amide bonds. The van der Waals surface area contributed by atoms with Gasteiger partial charge in [-0.25, -0.2) is 0 Å². The smallest absolute Gasteiger partial charge is 0.276 e. The van der Waals surface area contributed by atoms with Gasteiger partial charge in [-0.2, -0.15) is 5.26 Å². The summed E-state index contributed by atoms with van der Waals surface area (Å²) in [6.45, 7) is 2.85. The molecule has 1 fully saturated rings. The van der Waals surface area contributed by atoms with Crippen LogP contribution >= 0.6 is 0 Å². The Bertz CT molecular complexity index is 435. The highest BCUT2D eigenvalue weighted by Gasteiger charge is 2.26. The van der Waals surface area contributed by atoms with E-state index in [0.717, 1.165) is 0 Å². The second-order valence-electron chi connectivity index (χ2n) is 3.56.